The highest BCUT2D eigenvalue weighted by molar-refractivity contribution is 5.78. The molecular formula is C19H28N2O4. The van der Waals surface area contributed by atoms with E-state index in [2.05, 4.69) is 4.90 Å². The molecule has 0 aromatic heterocycles. The molecule has 1 aromatic carbocycles. The average Bonchev–Trinajstić information content (AvgIpc) is 2.96. The van der Waals surface area contributed by atoms with Crippen molar-refractivity contribution in [1.82, 2.24) is 9.80 Å². The summed E-state index contributed by atoms with van der Waals surface area (Å²) >= 11 is 0. The number of carbonyl (C=O) groups is 1. The van der Waals surface area contributed by atoms with Crippen LogP contribution in [0.2, 0.25) is 0 Å². The zero-order chi connectivity index (χ0) is 17.6. The van der Waals surface area contributed by atoms with E-state index in [9.17, 15) is 4.79 Å². The number of fused-ring (bicyclic) bond motifs is 4. The summed E-state index contributed by atoms with van der Waals surface area (Å²) in [5.74, 6) is 2.00. The summed E-state index contributed by atoms with van der Waals surface area (Å²) in [6.07, 6.45) is 2.36. The molecule has 0 N–H and O–H groups in total. The van der Waals surface area contributed by atoms with E-state index in [-0.39, 0.29) is 12.5 Å². The lowest BCUT2D eigenvalue weighted by Crippen LogP contribution is -2.46. The van der Waals surface area contributed by atoms with Crippen LogP contribution < -0.4 is 9.47 Å². The van der Waals surface area contributed by atoms with Crippen molar-refractivity contribution in [3.63, 3.8) is 0 Å². The molecule has 1 aromatic rings. The molecule has 0 aliphatic carbocycles. The molecule has 0 unspecified atom stereocenters. The Morgan fingerprint density at radius 3 is 2.80 bits per heavy atom. The maximum Gasteiger partial charge on any atom is 0.260 e. The summed E-state index contributed by atoms with van der Waals surface area (Å²) in [7, 11) is 3.36. The van der Waals surface area contributed by atoms with Crippen LogP contribution in [0.25, 0.3) is 0 Å². The summed E-state index contributed by atoms with van der Waals surface area (Å²) in [5, 5.41) is 0. The summed E-state index contributed by atoms with van der Waals surface area (Å²) in [5.41, 5.74) is 0. The van der Waals surface area contributed by atoms with Crippen molar-refractivity contribution in [1.29, 1.82) is 0 Å². The maximum absolute atomic E-state index is 12.6. The highest BCUT2D eigenvalue weighted by atomic mass is 16.5. The molecule has 3 fully saturated rings. The van der Waals surface area contributed by atoms with Crippen LogP contribution in [0, 0.1) is 5.92 Å². The van der Waals surface area contributed by atoms with Gasteiger partial charge in [0, 0.05) is 45.4 Å². The van der Waals surface area contributed by atoms with E-state index in [0.29, 0.717) is 17.7 Å². The number of rotatable bonds is 7. The molecule has 4 rings (SSSR count). The highest BCUT2D eigenvalue weighted by Gasteiger charge is 2.36. The number of carbonyl (C=O) groups excluding carboxylic acids is 1. The SMILES string of the molecule is COCCN1C[C@H]2CC[C@@H]1CN(C(=O)COc1cccc(OC)c1)C2. The largest absolute Gasteiger partial charge is 0.497 e. The van der Waals surface area contributed by atoms with Gasteiger partial charge in [-0.25, -0.2) is 0 Å². The number of nitrogens with zero attached hydrogens (tertiary/aromatic N) is 2. The van der Waals surface area contributed by atoms with Crippen LogP contribution in [0.4, 0.5) is 0 Å². The minimum Gasteiger partial charge on any atom is -0.497 e. The predicted molar refractivity (Wildman–Crippen MR) is 95.0 cm³/mol. The van der Waals surface area contributed by atoms with Gasteiger partial charge in [-0.2, -0.15) is 0 Å². The predicted octanol–water partition coefficient (Wildman–Crippen LogP) is 1.64. The second-order valence-electron chi connectivity index (χ2n) is 6.85. The van der Waals surface area contributed by atoms with E-state index in [0.717, 1.165) is 45.0 Å². The zero-order valence-electron chi connectivity index (χ0n) is 15.1. The summed E-state index contributed by atoms with van der Waals surface area (Å²) in [6, 6.07) is 7.80. The third-order valence-electron chi connectivity index (χ3n) is 5.17. The Balaban J connectivity index is 1.55. The molecule has 0 radical (unpaired) electrons. The second-order valence-corrected chi connectivity index (χ2v) is 6.85. The van der Waals surface area contributed by atoms with Crippen molar-refractivity contribution in [2.45, 2.75) is 18.9 Å². The van der Waals surface area contributed by atoms with Crippen molar-refractivity contribution in [3.05, 3.63) is 24.3 Å². The van der Waals surface area contributed by atoms with Crippen LogP contribution in [-0.4, -0.2) is 75.4 Å². The molecule has 3 saturated heterocycles. The molecular weight excluding hydrogens is 320 g/mol. The summed E-state index contributed by atoms with van der Waals surface area (Å²) in [6.45, 7) is 4.45. The number of hydrogen-bond acceptors (Lipinski definition) is 5. The molecule has 0 spiro atoms. The average molecular weight is 348 g/mol. The van der Waals surface area contributed by atoms with Gasteiger partial charge in [0.15, 0.2) is 6.61 Å². The van der Waals surface area contributed by atoms with Crippen molar-refractivity contribution in [2.75, 3.05) is 53.6 Å². The van der Waals surface area contributed by atoms with E-state index >= 15 is 0 Å². The topological polar surface area (TPSA) is 51.2 Å². The Labute approximate surface area is 149 Å². The van der Waals surface area contributed by atoms with Gasteiger partial charge in [0.05, 0.1) is 13.7 Å². The van der Waals surface area contributed by atoms with Gasteiger partial charge in [0.1, 0.15) is 11.5 Å². The van der Waals surface area contributed by atoms with Gasteiger partial charge in [-0.3, -0.25) is 9.69 Å². The van der Waals surface area contributed by atoms with E-state index in [4.69, 9.17) is 14.2 Å². The number of methoxy groups -OCH3 is 2. The van der Waals surface area contributed by atoms with Gasteiger partial charge in [0.25, 0.3) is 5.91 Å². The quantitative estimate of drug-likeness (QED) is 0.750. The Morgan fingerprint density at radius 2 is 2.00 bits per heavy atom. The van der Waals surface area contributed by atoms with Crippen molar-refractivity contribution in [3.8, 4) is 11.5 Å². The minimum absolute atomic E-state index is 0.0633. The van der Waals surface area contributed by atoms with Gasteiger partial charge < -0.3 is 19.1 Å². The lowest BCUT2D eigenvalue weighted by Gasteiger charge is -2.35. The van der Waals surface area contributed by atoms with Crippen LogP contribution in [-0.2, 0) is 9.53 Å². The lowest BCUT2D eigenvalue weighted by molar-refractivity contribution is -0.133. The zero-order valence-corrected chi connectivity index (χ0v) is 15.1. The molecule has 2 bridgehead atoms. The first-order chi connectivity index (χ1) is 12.2. The molecule has 138 valence electrons. The number of piperidine rings is 1. The van der Waals surface area contributed by atoms with Crippen molar-refractivity contribution in [2.24, 2.45) is 5.92 Å². The van der Waals surface area contributed by atoms with E-state index in [1.807, 2.05) is 23.1 Å². The molecule has 3 aliphatic heterocycles. The molecule has 0 saturated carbocycles. The smallest absolute Gasteiger partial charge is 0.260 e. The second kappa shape index (κ2) is 8.54. The van der Waals surface area contributed by atoms with Crippen LogP contribution in [0.1, 0.15) is 12.8 Å². The molecule has 2 atom stereocenters. The number of ether oxygens (including phenoxy) is 3. The Kier molecular flexibility index (Phi) is 6.15. The number of hydrogen-bond donors (Lipinski definition) is 0. The maximum atomic E-state index is 12.6. The molecule has 6 heteroatoms. The Morgan fingerprint density at radius 1 is 1.16 bits per heavy atom. The first-order valence-electron chi connectivity index (χ1n) is 8.97. The molecule has 25 heavy (non-hydrogen) atoms. The monoisotopic (exact) mass is 348 g/mol. The summed E-state index contributed by atoms with van der Waals surface area (Å²) < 4.78 is 16.1. The first-order valence-corrected chi connectivity index (χ1v) is 8.97. The number of benzene rings is 1. The lowest BCUT2D eigenvalue weighted by atomic mass is 9.95. The van der Waals surface area contributed by atoms with E-state index in [1.165, 1.54) is 6.42 Å². The Hall–Kier alpha value is -1.79. The van der Waals surface area contributed by atoms with Gasteiger partial charge in [-0.05, 0) is 30.9 Å². The fraction of sp³-hybridized carbons (Fsp3) is 0.632. The molecule has 3 aliphatic rings. The highest BCUT2D eigenvalue weighted by Crippen LogP contribution is 2.28. The van der Waals surface area contributed by atoms with Gasteiger partial charge in [-0.15, -0.1) is 0 Å². The van der Waals surface area contributed by atoms with E-state index < -0.39 is 0 Å². The first kappa shape index (κ1) is 18.0. The van der Waals surface area contributed by atoms with Crippen LogP contribution >= 0.6 is 0 Å². The molecule has 6 nitrogen and oxygen atoms in total. The third kappa shape index (κ3) is 4.64. The Bertz CT molecular complexity index is 580. The standard InChI is InChI=1S/C19H28N2O4/c1-23-9-8-20-11-15-6-7-16(20)13-21(12-15)19(22)14-25-18-5-3-4-17(10-18)24-2/h3-5,10,15-16H,6-9,11-14H2,1-2H3/t15-,16-/m1/s1. The summed E-state index contributed by atoms with van der Waals surface area (Å²) in [4.78, 5) is 17.1. The van der Waals surface area contributed by atoms with Crippen LogP contribution in [0.5, 0.6) is 11.5 Å². The number of amides is 1. The van der Waals surface area contributed by atoms with Gasteiger partial charge >= 0.3 is 0 Å². The van der Waals surface area contributed by atoms with Crippen LogP contribution in [0.3, 0.4) is 0 Å². The third-order valence-corrected chi connectivity index (χ3v) is 5.17. The van der Waals surface area contributed by atoms with Gasteiger partial charge in [-0.1, -0.05) is 6.07 Å². The van der Waals surface area contributed by atoms with E-state index in [1.54, 1.807) is 20.3 Å². The van der Waals surface area contributed by atoms with Crippen molar-refractivity contribution >= 4 is 5.91 Å². The molecule has 3 heterocycles. The fourth-order valence-corrected chi connectivity index (χ4v) is 3.79. The molecule has 1 amide bonds. The minimum atomic E-state index is 0.0633. The normalized spacial score (nSPS) is 23.4. The fourth-order valence-electron chi connectivity index (χ4n) is 3.79. The van der Waals surface area contributed by atoms with Crippen molar-refractivity contribution < 1.29 is 19.0 Å². The van der Waals surface area contributed by atoms with Gasteiger partial charge in [0.2, 0.25) is 0 Å². The van der Waals surface area contributed by atoms with Crippen LogP contribution in [0.15, 0.2) is 24.3 Å².